The van der Waals surface area contributed by atoms with Crippen molar-refractivity contribution >= 4 is 5.69 Å². The van der Waals surface area contributed by atoms with E-state index in [9.17, 15) is 0 Å². The van der Waals surface area contributed by atoms with Crippen LogP contribution in [0.3, 0.4) is 0 Å². The van der Waals surface area contributed by atoms with Gasteiger partial charge < -0.3 is 5.32 Å². The van der Waals surface area contributed by atoms with E-state index in [4.69, 9.17) is 0 Å². The first-order valence-electron chi connectivity index (χ1n) is 7.97. The maximum atomic E-state index is 3.66. The van der Waals surface area contributed by atoms with Gasteiger partial charge in [-0.25, -0.2) is 0 Å². The van der Waals surface area contributed by atoms with E-state index in [-0.39, 0.29) is 5.41 Å². The first kappa shape index (κ1) is 14.2. The molecule has 0 aliphatic heterocycles. The van der Waals surface area contributed by atoms with E-state index in [1.165, 1.54) is 29.7 Å². The van der Waals surface area contributed by atoms with Gasteiger partial charge in [-0.1, -0.05) is 63.2 Å². The van der Waals surface area contributed by atoms with Crippen molar-refractivity contribution in [2.75, 3.05) is 5.32 Å². The predicted octanol–water partition coefficient (Wildman–Crippen LogP) is 5.47. The van der Waals surface area contributed by atoms with Crippen LogP contribution in [-0.2, 0) is 12.0 Å². The van der Waals surface area contributed by atoms with Crippen LogP contribution in [0.5, 0.6) is 0 Å². The van der Waals surface area contributed by atoms with Crippen LogP contribution in [0.25, 0.3) is 0 Å². The third-order valence-corrected chi connectivity index (χ3v) is 4.28. The van der Waals surface area contributed by atoms with E-state index >= 15 is 0 Å². The summed E-state index contributed by atoms with van der Waals surface area (Å²) in [6, 6.07) is 17.5. The van der Waals surface area contributed by atoms with Crippen LogP contribution in [0, 0.1) is 0 Å². The molecule has 0 spiro atoms. The van der Waals surface area contributed by atoms with Gasteiger partial charge >= 0.3 is 0 Å². The summed E-state index contributed by atoms with van der Waals surface area (Å²) in [5.41, 5.74) is 5.80. The maximum Gasteiger partial charge on any atom is 0.0403 e. The fourth-order valence-corrected chi connectivity index (χ4v) is 2.97. The van der Waals surface area contributed by atoms with Crippen LogP contribution in [0.15, 0.2) is 48.5 Å². The highest BCUT2D eigenvalue weighted by Gasteiger charge is 2.25. The number of anilines is 1. The molecule has 1 fully saturated rings. The summed E-state index contributed by atoms with van der Waals surface area (Å²) in [6.07, 6.45) is 2.71. The summed E-state index contributed by atoms with van der Waals surface area (Å²) < 4.78 is 0. The molecule has 2 aromatic rings. The van der Waals surface area contributed by atoms with Gasteiger partial charge in [0.2, 0.25) is 0 Å². The third-order valence-electron chi connectivity index (χ3n) is 4.28. The molecule has 3 rings (SSSR count). The van der Waals surface area contributed by atoms with Gasteiger partial charge in [0.25, 0.3) is 0 Å². The minimum atomic E-state index is 0.166. The molecule has 0 unspecified atom stereocenters. The average Bonchev–Trinajstić information content (AvgIpc) is 3.29. The van der Waals surface area contributed by atoms with E-state index in [2.05, 4.69) is 74.6 Å². The normalized spacial score (nSPS) is 15.0. The monoisotopic (exact) mass is 279 g/mol. The zero-order chi connectivity index (χ0) is 14.9. The number of nitrogens with one attached hydrogen (secondary N) is 1. The Morgan fingerprint density at radius 2 is 1.62 bits per heavy atom. The summed E-state index contributed by atoms with van der Waals surface area (Å²) >= 11 is 0. The summed E-state index contributed by atoms with van der Waals surface area (Å²) in [7, 11) is 0. The van der Waals surface area contributed by atoms with Gasteiger partial charge in [0.15, 0.2) is 0 Å². The Morgan fingerprint density at radius 3 is 2.33 bits per heavy atom. The lowest BCUT2D eigenvalue weighted by molar-refractivity contribution is 0.591. The molecule has 0 radical (unpaired) electrons. The fraction of sp³-hybridized carbons (Fsp3) is 0.400. The smallest absolute Gasteiger partial charge is 0.0403 e. The van der Waals surface area contributed by atoms with Gasteiger partial charge in [0.1, 0.15) is 0 Å². The maximum absolute atomic E-state index is 3.66. The van der Waals surface area contributed by atoms with Crippen molar-refractivity contribution in [2.45, 2.75) is 51.5 Å². The second-order valence-corrected chi connectivity index (χ2v) is 7.12. The number of hydrogen-bond donors (Lipinski definition) is 1. The van der Waals surface area contributed by atoms with E-state index in [1.807, 2.05) is 0 Å². The fourth-order valence-electron chi connectivity index (χ4n) is 2.97. The molecule has 0 amide bonds. The quantitative estimate of drug-likeness (QED) is 0.782. The first-order valence-corrected chi connectivity index (χ1v) is 7.97. The number of hydrogen-bond acceptors (Lipinski definition) is 1. The van der Waals surface area contributed by atoms with Gasteiger partial charge in [-0.15, -0.1) is 0 Å². The third kappa shape index (κ3) is 3.29. The van der Waals surface area contributed by atoms with Crippen molar-refractivity contribution < 1.29 is 0 Å². The Bertz CT molecular complexity index is 618. The predicted molar refractivity (Wildman–Crippen MR) is 90.9 cm³/mol. The molecule has 0 saturated heterocycles. The Morgan fingerprint density at radius 1 is 0.952 bits per heavy atom. The Balaban J connectivity index is 1.80. The summed E-state index contributed by atoms with van der Waals surface area (Å²) in [6.45, 7) is 7.72. The van der Waals surface area contributed by atoms with E-state index in [0.29, 0.717) is 0 Å². The van der Waals surface area contributed by atoms with Crippen molar-refractivity contribution in [1.82, 2.24) is 0 Å². The topological polar surface area (TPSA) is 12.0 Å². The highest BCUT2D eigenvalue weighted by molar-refractivity contribution is 5.54. The molecule has 1 heteroatoms. The molecule has 0 heterocycles. The summed E-state index contributed by atoms with van der Waals surface area (Å²) in [5.74, 6) is 0.806. The summed E-state index contributed by atoms with van der Waals surface area (Å²) in [4.78, 5) is 0. The van der Waals surface area contributed by atoms with Gasteiger partial charge in [-0.05, 0) is 46.9 Å². The number of para-hydroxylation sites is 1. The molecule has 1 aliphatic carbocycles. The number of rotatable bonds is 4. The van der Waals surface area contributed by atoms with Crippen molar-refractivity contribution in [3.05, 3.63) is 65.2 Å². The standard InChI is InChI=1S/C20H25N/c1-20(2,3)18-10-6-7-11-19(18)21-14-16-8-4-5-9-17(16)15-12-13-15/h4-11,15,21H,12-14H2,1-3H3. The Labute approximate surface area is 128 Å². The lowest BCUT2D eigenvalue weighted by atomic mass is 9.86. The van der Waals surface area contributed by atoms with Gasteiger partial charge in [-0.2, -0.15) is 0 Å². The molecule has 0 bridgehead atoms. The zero-order valence-electron chi connectivity index (χ0n) is 13.3. The van der Waals surface area contributed by atoms with Crippen LogP contribution < -0.4 is 5.32 Å². The second-order valence-electron chi connectivity index (χ2n) is 7.12. The molecule has 1 saturated carbocycles. The van der Waals surface area contributed by atoms with E-state index < -0.39 is 0 Å². The minimum absolute atomic E-state index is 0.166. The molecule has 2 aromatic carbocycles. The molecule has 0 aromatic heterocycles. The van der Waals surface area contributed by atoms with Crippen LogP contribution >= 0.6 is 0 Å². The van der Waals surface area contributed by atoms with Gasteiger partial charge in [0, 0.05) is 12.2 Å². The molecular weight excluding hydrogens is 254 g/mol. The van der Waals surface area contributed by atoms with Crippen LogP contribution in [0.2, 0.25) is 0 Å². The highest BCUT2D eigenvalue weighted by atomic mass is 14.9. The molecule has 110 valence electrons. The van der Waals surface area contributed by atoms with Crippen molar-refractivity contribution in [3.63, 3.8) is 0 Å². The summed E-state index contributed by atoms with van der Waals surface area (Å²) in [5, 5.41) is 3.66. The SMILES string of the molecule is CC(C)(C)c1ccccc1NCc1ccccc1C1CC1. The minimum Gasteiger partial charge on any atom is -0.381 e. The van der Waals surface area contributed by atoms with Gasteiger partial charge in [-0.3, -0.25) is 0 Å². The molecule has 1 aliphatic rings. The second kappa shape index (κ2) is 5.55. The molecule has 0 atom stereocenters. The van der Waals surface area contributed by atoms with Crippen molar-refractivity contribution in [2.24, 2.45) is 0 Å². The lowest BCUT2D eigenvalue weighted by Crippen LogP contribution is -2.15. The molecule has 21 heavy (non-hydrogen) atoms. The Kier molecular flexibility index (Phi) is 3.75. The van der Waals surface area contributed by atoms with Crippen molar-refractivity contribution in [3.8, 4) is 0 Å². The zero-order valence-corrected chi connectivity index (χ0v) is 13.3. The molecule has 1 nitrogen and oxygen atoms in total. The van der Waals surface area contributed by atoms with Crippen LogP contribution in [0.4, 0.5) is 5.69 Å². The van der Waals surface area contributed by atoms with Crippen LogP contribution in [0.1, 0.15) is 56.2 Å². The largest absolute Gasteiger partial charge is 0.381 e. The van der Waals surface area contributed by atoms with Crippen molar-refractivity contribution in [1.29, 1.82) is 0 Å². The highest BCUT2D eigenvalue weighted by Crippen LogP contribution is 2.41. The van der Waals surface area contributed by atoms with E-state index in [1.54, 1.807) is 5.56 Å². The van der Waals surface area contributed by atoms with Crippen LogP contribution in [-0.4, -0.2) is 0 Å². The van der Waals surface area contributed by atoms with Gasteiger partial charge in [0.05, 0.1) is 0 Å². The lowest BCUT2D eigenvalue weighted by Gasteiger charge is -2.23. The Hall–Kier alpha value is -1.76. The van der Waals surface area contributed by atoms with E-state index in [0.717, 1.165) is 12.5 Å². The molecular formula is C20H25N. The first-order chi connectivity index (χ1) is 10.1. The molecule has 1 N–H and O–H groups in total. The number of benzene rings is 2. The average molecular weight is 279 g/mol.